The average Bonchev–Trinajstić information content (AvgIpc) is 3.08. The summed E-state index contributed by atoms with van der Waals surface area (Å²) in [6.45, 7) is 10.0. The van der Waals surface area contributed by atoms with E-state index >= 15 is 0 Å². The fourth-order valence-corrected chi connectivity index (χ4v) is 4.07. The summed E-state index contributed by atoms with van der Waals surface area (Å²) in [4.78, 5) is 28.1. The molecule has 29 heavy (non-hydrogen) atoms. The molecule has 0 saturated heterocycles. The zero-order valence-corrected chi connectivity index (χ0v) is 17.2. The molecule has 0 amide bonds. The van der Waals surface area contributed by atoms with Crippen LogP contribution in [0, 0.1) is 0 Å². The molecule has 0 aliphatic heterocycles. The molecule has 0 saturated carbocycles. The number of ketones is 2. The van der Waals surface area contributed by atoms with Gasteiger partial charge in [-0.1, -0.05) is 24.3 Å². The lowest BCUT2D eigenvalue weighted by Crippen LogP contribution is -2.39. The first kappa shape index (κ1) is 19.4. The quantitative estimate of drug-likeness (QED) is 0.477. The number of nitrogens with zero attached hydrogens (tertiary/aromatic N) is 1. The number of hydrogen-bond donors (Lipinski definition) is 0. The van der Waals surface area contributed by atoms with Crippen molar-refractivity contribution in [2.24, 2.45) is 0 Å². The molecule has 0 fully saturated rings. The molecule has 4 rings (SSSR count). The van der Waals surface area contributed by atoms with Crippen molar-refractivity contribution in [2.45, 2.75) is 39.8 Å². The minimum absolute atomic E-state index is 0.117. The number of fused-ring (bicyclic) bond motifs is 4. The Bertz CT molecular complexity index is 1090. The summed E-state index contributed by atoms with van der Waals surface area (Å²) in [5, 5.41) is 0.645. The van der Waals surface area contributed by atoms with Crippen LogP contribution < -0.4 is 4.74 Å². The van der Waals surface area contributed by atoms with Crippen LogP contribution in [0.15, 0.2) is 46.9 Å². The Labute approximate surface area is 170 Å². The summed E-state index contributed by atoms with van der Waals surface area (Å²) in [7, 11) is 0. The molecule has 1 aliphatic rings. The van der Waals surface area contributed by atoms with E-state index in [2.05, 4.69) is 32.6 Å². The van der Waals surface area contributed by atoms with Crippen LogP contribution in [0.3, 0.4) is 0 Å². The number of rotatable bonds is 6. The number of ether oxygens (including phenoxy) is 1. The molecule has 0 unspecified atom stereocenters. The van der Waals surface area contributed by atoms with Gasteiger partial charge >= 0.3 is 0 Å². The number of benzene rings is 2. The minimum atomic E-state index is -0.252. The Morgan fingerprint density at radius 2 is 1.59 bits per heavy atom. The highest BCUT2D eigenvalue weighted by Crippen LogP contribution is 2.36. The SMILES string of the molecule is CC(C)N(CCOc1ccc2c3c(oc2c1)C(=O)c1ccccc1C3=O)C(C)C. The smallest absolute Gasteiger partial charge is 0.229 e. The molecule has 0 bridgehead atoms. The van der Waals surface area contributed by atoms with Crippen LogP contribution in [0.4, 0.5) is 0 Å². The maximum Gasteiger partial charge on any atom is 0.229 e. The summed E-state index contributed by atoms with van der Waals surface area (Å²) in [6.07, 6.45) is 0. The van der Waals surface area contributed by atoms with Crippen molar-refractivity contribution >= 4 is 22.5 Å². The highest BCUT2D eigenvalue weighted by Gasteiger charge is 2.34. The molecule has 0 spiro atoms. The zero-order valence-electron chi connectivity index (χ0n) is 17.2. The molecule has 3 aromatic rings. The van der Waals surface area contributed by atoms with E-state index in [0.29, 0.717) is 52.1 Å². The van der Waals surface area contributed by atoms with Crippen LogP contribution in [0.25, 0.3) is 11.0 Å². The predicted molar refractivity (Wildman–Crippen MR) is 112 cm³/mol. The van der Waals surface area contributed by atoms with Gasteiger partial charge in [-0.15, -0.1) is 0 Å². The van der Waals surface area contributed by atoms with E-state index in [1.807, 2.05) is 6.07 Å². The van der Waals surface area contributed by atoms with E-state index < -0.39 is 0 Å². The third-order valence-electron chi connectivity index (χ3n) is 5.46. The van der Waals surface area contributed by atoms with Crippen LogP contribution in [-0.4, -0.2) is 41.7 Å². The summed E-state index contributed by atoms with van der Waals surface area (Å²) in [6, 6.07) is 13.1. The Kier molecular flexibility index (Phi) is 5.01. The molecular weight excluding hydrogens is 366 g/mol. The molecule has 2 aromatic carbocycles. The number of carbonyl (C=O) groups is 2. The molecule has 0 atom stereocenters. The highest BCUT2D eigenvalue weighted by atomic mass is 16.5. The van der Waals surface area contributed by atoms with Crippen LogP contribution in [-0.2, 0) is 0 Å². The number of furan rings is 1. The maximum atomic E-state index is 12.9. The predicted octanol–water partition coefficient (Wildman–Crippen LogP) is 4.71. The van der Waals surface area contributed by atoms with Crippen molar-refractivity contribution in [3.63, 3.8) is 0 Å². The molecule has 5 nitrogen and oxygen atoms in total. The van der Waals surface area contributed by atoms with Gasteiger partial charge in [0, 0.05) is 41.2 Å². The van der Waals surface area contributed by atoms with Crippen LogP contribution in [0.5, 0.6) is 5.75 Å². The van der Waals surface area contributed by atoms with Crippen molar-refractivity contribution in [2.75, 3.05) is 13.2 Å². The van der Waals surface area contributed by atoms with Crippen molar-refractivity contribution in [3.05, 3.63) is 64.9 Å². The first-order chi connectivity index (χ1) is 13.9. The number of hydrogen-bond acceptors (Lipinski definition) is 5. The normalized spacial score (nSPS) is 13.5. The van der Waals surface area contributed by atoms with Gasteiger partial charge in [-0.05, 0) is 39.8 Å². The van der Waals surface area contributed by atoms with E-state index in [9.17, 15) is 9.59 Å². The van der Waals surface area contributed by atoms with E-state index in [-0.39, 0.29) is 17.3 Å². The third-order valence-corrected chi connectivity index (χ3v) is 5.46. The summed E-state index contributed by atoms with van der Waals surface area (Å²) < 4.78 is 11.7. The monoisotopic (exact) mass is 391 g/mol. The largest absolute Gasteiger partial charge is 0.492 e. The van der Waals surface area contributed by atoms with Gasteiger partial charge in [0.2, 0.25) is 5.78 Å². The molecule has 1 aliphatic carbocycles. The lowest BCUT2D eigenvalue weighted by atomic mass is 9.87. The van der Waals surface area contributed by atoms with E-state index in [1.54, 1.807) is 36.4 Å². The average molecular weight is 391 g/mol. The highest BCUT2D eigenvalue weighted by molar-refractivity contribution is 6.31. The minimum Gasteiger partial charge on any atom is -0.492 e. The van der Waals surface area contributed by atoms with Crippen molar-refractivity contribution < 1.29 is 18.7 Å². The van der Waals surface area contributed by atoms with Gasteiger partial charge in [-0.25, -0.2) is 0 Å². The topological polar surface area (TPSA) is 59.8 Å². The molecular formula is C24H25NO4. The second-order valence-electron chi connectivity index (χ2n) is 7.94. The standard InChI is InChI=1S/C24H25NO4/c1-14(2)25(15(3)4)11-12-28-16-9-10-19-20(13-16)29-24-21(19)22(26)17-7-5-6-8-18(17)23(24)27/h5-10,13-15H,11-12H2,1-4H3. The summed E-state index contributed by atoms with van der Waals surface area (Å²) in [5.74, 6) is 0.352. The van der Waals surface area contributed by atoms with Gasteiger partial charge in [0.25, 0.3) is 0 Å². The fraction of sp³-hybridized carbons (Fsp3) is 0.333. The molecule has 0 N–H and O–H groups in total. The van der Waals surface area contributed by atoms with Gasteiger partial charge in [0.15, 0.2) is 11.5 Å². The first-order valence-electron chi connectivity index (χ1n) is 10.0. The van der Waals surface area contributed by atoms with Crippen LogP contribution in [0.1, 0.15) is 59.7 Å². The molecule has 5 heteroatoms. The van der Waals surface area contributed by atoms with Crippen LogP contribution >= 0.6 is 0 Å². The Hall–Kier alpha value is -2.92. The van der Waals surface area contributed by atoms with Crippen LogP contribution in [0.2, 0.25) is 0 Å². The maximum absolute atomic E-state index is 12.9. The van der Waals surface area contributed by atoms with E-state index in [0.717, 1.165) is 6.54 Å². The zero-order chi connectivity index (χ0) is 20.7. The van der Waals surface area contributed by atoms with Crippen molar-refractivity contribution in [1.82, 2.24) is 4.90 Å². The van der Waals surface area contributed by atoms with E-state index in [1.165, 1.54) is 0 Å². The third kappa shape index (κ3) is 3.36. The lowest BCUT2D eigenvalue weighted by molar-refractivity contribution is 0.0962. The fourth-order valence-electron chi connectivity index (χ4n) is 4.07. The van der Waals surface area contributed by atoms with Gasteiger partial charge in [0.05, 0.1) is 5.56 Å². The van der Waals surface area contributed by atoms with Gasteiger partial charge < -0.3 is 9.15 Å². The first-order valence-corrected chi connectivity index (χ1v) is 10.0. The second-order valence-corrected chi connectivity index (χ2v) is 7.94. The molecule has 150 valence electrons. The summed E-state index contributed by atoms with van der Waals surface area (Å²) >= 11 is 0. The Balaban J connectivity index is 1.60. The van der Waals surface area contributed by atoms with Gasteiger partial charge in [-0.2, -0.15) is 0 Å². The van der Waals surface area contributed by atoms with E-state index in [4.69, 9.17) is 9.15 Å². The molecule has 1 heterocycles. The van der Waals surface area contributed by atoms with Gasteiger partial charge in [0.1, 0.15) is 17.9 Å². The molecule has 0 radical (unpaired) electrons. The number of carbonyl (C=O) groups excluding carboxylic acids is 2. The van der Waals surface area contributed by atoms with Crippen molar-refractivity contribution in [3.8, 4) is 5.75 Å². The summed E-state index contributed by atoms with van der Waals surface area (Å²) in [5.41, 5.74) is 1.66. The lowest BCUT2D eigenvalue weighted by Gasteiger charge is -2.30. The Morgan fingerprint density at radius 1 is 0.931 bits per heavy atom. The Morgan fingerprint density at radius 3 is 2.24 bits per heavy atom. The molecule has 1 aromatic heterocycles. The second kappa shape index (κ2) is 7.48. The van der Waals surface area contributed by atoms with Gasteiger partial charge in [-0.3, -0.25) is 14.5 Å². The van der Waals surface area contributed by atoms with Crippen molar-refractivity contribution in [1.29, 1.82) is 0 Å².